The van der Waals surface area contributed by atoms with E-state index in [-0.39, 0.29) is 5.91 Å². The first-order valence-corrected chi connectivity index (χ1v) is 7.11. The minimum Gasteiger partial charge on any atom is -0.341 e. The standard InChI is InChI=1S/C16H24N2O/c1-12-10-14(12)11-18(3)16(19)15-7-5-4-6-13(15)8-9-17-2/h4-7,12,14,17H,8-11H2,1-3H3. The van der Waals surface area contributed by atoms with Crippen molar-refractivity contribution in [3.05, 3.63) is 35.4 Å². The summed E-state index contributed by atoms with van der Waals surface area (Å²) >= 11 is 0. The highest BCUT2D eigenvalue weighted by molar-refractivity contribution is 5.95. The number of carbonyl (C=O) groups is 1. The second-order valence-corrected chi connectivity index (χ2v) is 5.67. The van der Waals surface area contributed by atoms with Gasteiger partial charge in [-0.05, 0) is 49.9 Å². The lowest BCUT2D eigenvalue weighted by Gasteiger charge is -2.19. The summed E-state index contributed by atoms with van der Waals surface area (Å²) < 4.78 is 0. The van der Waals surface area contributed by atoms with Gasteiger partial charge in [-0.25, -0.2) is 0 Å². The van der Waals surface area contributed by atoms with Crippen LogP contribution in [0.4, 0.5) is 0 Å². The van der Waals surface area contributed by atoms with E-state index in [4.69, 9.17) is 0 Å². The maximum atomic E-state index is 12.5. The molecule has 0 aromatic heterocycles. The van der Waals surface area contributed by atoms with Crippen molar-refractivity contribution in [2.75, 3.05) is 27.2 Å². The quantitative estimate of drug-likeness (QED) is 0.850. The van der Waals surface area contributed by atoms with Gasteiger partial charge in [-0.2, -0.15) is 0 Å². The molecule has 104 valence electrons. The summed E-state index contributed by atoms with van der Waals surface area (Å²) in [7, 11) is 3.85. The van der Waals surface area contributed by atoms with Crippen molar-refractivity contribution in [3.63, 3.8) is 0 Å². The smallest absolute Gasteiger partial charge is 0.253 e. The molecule has 1 N–H and O–H groups in total. The molecule has 0 saturated heterocycles. The first-order valence-electron chi connectivity index (χ1n) is 7.11. The molecule has 1 aliphatic rings. The van der Waals surface area contributed by atoms with Crippen LogP contribution in [0, 0.1) is 11.8 Å². The van der Waals surface area contributed by atoms with Gasteiger partial charge in [0.15, 0.2) is 0 Å². The van der Waals surface area contributed by atoms with E-state index in [1.54, 1.807) is 0 Å². The van der Waals surface area contributed by atoms with Crippen LogP contribution >= 0.6 is 0 Å². The van der Waals surface area contributed by atoms with Gasteiger partial charge in [0.2, 0.25) is 0 Å². The predicted molar refractivity (Wildman–Crippen MR) is 78.3 cm³/mol. The van der Waals surface area contributed by atoms with Crippen molar-refractivity contribution in [2.45, 2.75) is 19.8 Å². The average molecular weight is 260 g/mol. The highest BCUT2D eigenvalue weighted by Gasteiger charge is 2.34. The fraction of sp³-hybridized carbons (Fsp3) is 0.562. The Kier molecular flexibility index (Phi) is 4.59. The minimum absolute atomic E-state index is 0.158. The van der Waals surface area contributed by atoms with Crippen LogP contribution < -0.4 is 5.32 Å². The Bertz CT molecular complexity index is 444. The van der Waals surface area contributed by atoms with Crippen LogP contribution in [0.3, 0.4) is 0 Å². The summed E-state index contributed by atoms with van der Waals surface area (Å²) in [4.78, 5) is 14.4. The molecule has 0 aliphatic heterocycles. The third-order valence-corrected chi connectivity index (χ3v) is 4.02. The normalized spacial score (nSPS) is 21.2. The lowest BCUT2D eigenvalue weighted by molar-refractivity contribution is 0.0786. The molecular formula is C16H24N2O. The van der Waals surface area contributed by atoms with Crippen molar-refractivity contribution in [1.29, 1.82) is 0 Å². The van der Waals surface area contributed by atoms with Crippen molar-refractivity contribution in [3.8, 4) is 0 Å². The Morgan fingerprint density at radius 3 is 2.74 bits per heavy atom. The lowest BCUT2D eigenvalue weighted by atomic mass is 10.0. The van der Waals surface area contributed by atoms with Gasteiger partial charge in [-0.1, -0.05) is 25.1 Å². The van der Waals surface area contributed by atoms with Crippen LogP contribution in [0.2, 0.25) is 0 Å². The molecule has 1 aliphatic carbocycles. The molecule has 1 aromatic carbocycles. The molecular weight excluding hydrogens is 236 g/mol. The molecule has 19 heavy (non-hydrogen) atoms. The number of hydrogen-bond acceptors (Lipinski definition) is 2. The van der Waals surface area contributed by atoms with E-state index in [0.29, 0.717) is 5.92 Å². The molecule has 0 heterocycles. The van der Waals surface area contributed by atoms with E-state index in [0.717, 1.165) is 36.6 Å². The van der Waals surface area contributed by atoms with Crippen LogP contribution in [0.25, 0.3) is 0 Å². The number of amides is 1. The van der Waals surface area contributed by atoms with Crippen molar-refractivity contribution >= 4 is 5.91 Å². The van der Waals surface area contributed by atoms with Gasteiger partial charge in [0.25, 0.3) is 5.91 Å². The van der Waals surface area contributed by atoms with Crippen LogP contribution in [0.1, 0.15) is 29.3 Å². The van der Waals surface area contributed by atoms with Gasteiger partial charge < -0.3 is 10.2 Å². The summed E-state index contributed by atoms with van der Waals surface area (Å²) in [5, 5.41) is 3.13. The molecule has 0 spiro atoms. The van der Waals surface area contributed by atoms with Crippen molar-refractivity contribution < 1.29 is 4.79 Å². The number of rotatable bonds is 6. The molecule has 1 amide bonds. The summed E-state index contributed by atoms with van der Waals surface area (Å²) in [5.41, 5.74) is 1.99. The van der Waals surface area contributed by atoms with Crippen LogP contribution in [-0.4, -0.2) is 38.0 Å². The maximum absolute atomic E-state index is 12.5. The first kappa shape index (κ1) is 14.1. The molecule has 3 heteroatoms. The molecule has 0 bridgehead atoms. The lowest BCUT2D eigenvalue weighted by Crippen LogP contribution is -2.30. The molecule has 2 unspecified atom stereocenters. The zero-order valence-corrected chi connectivity index (χ0v) is 12.1. The van der Waals surface area contributed by atoms with Gasteiger partial charge in [-0.15, -0.1) is 0 Å². The number of nitrogens with zero attached hydrogens (tertiary/aromatic N) is 1. The molecule has 0 radical (unpaired) electrons. The van der Waals surface area contributed by atoms with Crippen LogP contribution in [0.15, 0.2) is 24.3 Å². The Labute approximate surface area is 116 Å². The highest BCUT2D eigenvalue weighted by Crippen LogP contribution is 2.38. The SMILES string of the molecule is CNCCc1ccccc1C(=O)N(C)CC1CC1C. The molecule has 3 nitrogen and oxygen atoms in total. The van der Waals surface area contributed by atoms with Crippen LogP contribution in [-0.2, 0) is 6.42 Å². The maximum Gasteiger partial charge on any atom is 0.253 e. The van der Waals surface area contributed by atoms with Gasteiger partial charge in [0.1, 0.15) is 0 Å². The number of likely N-dealkylation sites (N-methyl/N-ethyl adjacent to an activating group) is 1. The third kappa shape index (κ3) is 3.57. The number of carbonyl (C=O) groups excluding carboxylic acids is 1. The van der Waals surface area contributed by atoms with E-state index >= 15 is 0 Å². The summed E-state index contributed by atoms with van der Waals surface area (Å²) in [6.45, 7) is 4.04. The molecule has 1 saturated carbocycles. The number of benzene rings is 1. The zero-order chi connectivity index (χ0) is 13.8. The fourth-order valence-corrected chi connectivity index (χ4v) is 2.50. The Morgan fingerprint density at radius 1 is 1.42 bits per heavy atom. The zero-order valence-electron chi connectivity index (χ0n) is 12.1. The third-order valence-electron chi connectivity index (χ3n) is 4.02. The number of nitrogens with one attached hydrogen (secondary N) is 1. The average Bonchev–Trinajstić information content (AvgIpc) is 3.11. The largest absolute Gasteiger partial charge is 0.341 e. The highest BCUT2D eigenvalue weighted by atomic mass is 16.2. The molecule has 1 aromatic rings. The van der Waals surface area contributed by atoms with Gasteiger partial charge >= 0.3 is 0 Å². The summed E-state index contributed by atoms with van der Waals surface area (Å²) in [5.74, 6) is 1.65. The number of hydrogen-bond donors (Lipinski definition) is 1. The van der Waals surface area contributed by atoms with Crippen molar-refractivity contribution in [2.24, 2.45) is 11.8 Å². The van der Waals surface area contributed by atoms with Crippen LogP contribution in [0.5, 0.6) is 0 Å². The van der Waals surface area contributed by atoms with E-state index in [1.165, 1.54) is 6.42 Å². The predicted octanol–water partition coefficient (Wildman–Crippen LogP) is 2.18. The van der Waals surface area contributed by atoms with Gasteiger partial charge in [-0.3, -0.25) is 4.79 Å². The summed E-state index contributed by atoms with van der Waals surface area (Å²) in [6.07, 6.45) is 2.16. The van der Waals surface area contributed by atoms with Gasteiger partial charge in [0.05, 0.1) is 0 Å². The second-order valence-electron chi connectivity index (χ2n) is 5.67. The minimum atomic E-state index is 0.158. The molecule has 2 rings (SSSR count). The fourth-order valence-electron chi connectivity index (χ4n) is 2.50. The van der Waals surface area contributed by atoms with E-state index in [2.05, 4.69) is 18.3 Å². The second kappa shape index (κ2) is 6.20. The van der Waals surface area contributed by atoms with Gasteiger partial charge in [0, 0.05) is 19.2 Å². The van der Waals surface area contributed by atoms with E-state index in [9.17, 15) is 4.79 Å². The Morgan fingerprint density at radius 2 is 2.11 bits per heavy atom. The molecule has 1 fully saturated rings. The van der Waals surface area contributed by atoms with E-state index in [1.807, 2.05) is 37.2 Å². The topological polar surface area (TPSA) is 32.3 Å². The Balaban J connectivity index is 2.04. The summed E-state index contributed by atoms with van der Waals surface area (Å²) in [6, 6.07) is 7.95. The van der Waals surface area contributed by atoms with Crippen molar-refractivity contribution in [1.82, 2.24) is 10.2 Å². The van der Waals surface area contributed by atoms with E-state index < -0.39 is 0 Å². The monoisotopic (exact) mass is 260 g/mol. The first-order chi connectivity index (χ1) is 9.13. The molecule has 2 atom stereocenters. The Hall–Kier alpha value is -1.35.